The van der Waals surface area contributed by atoms with E-state index < -0.39 is 0 Å². The van der Waals surface area contributed by atoms with Crippen LogP contribution in [0.4, 0.5) is 11.8 Å². The number of unbranched alkanes of at least 4 members (excludes halogenated alkanes) is 1. The second-order valence-electron chi connectivity index (χ2n) is 5.12. The van der Waals surface area contributed by atoms with Gasteiger partial charge < -0.3 is 15.0 Å². The van der Waals surface area contributed by atoms with E-state index in [1.807, 2.05) is 36.2 Å². The predicted molar refractivity (Wildman–Crippen MR) is 88.3 cm³/mol. The summed E-state index contributed by atoms with van der Waals surface area (Å²) in [6, 6.07) is 7.93. The number of benzene rings is 1. The second kappa shape index (κ2) is 8.17. The molecule has 0 fully saturated rings. The number of nitrogens with zero attached hydrogens (tertiary/aromatic N) is 4. The molecule has 0 bridgehead atoms. The number of hydrogen-bond donors (Lipinski definition) is 1. The Morgan fingerprint density at radius 2 is 2.00 bits per heavy atom. The summed E-state index contributed by atoms with van der Waals surface area (Å²) in [6.07, 6.45) is 3.90. The van der Waals surface area contributed by atoms with Gasteiger partial charge in [0.1, 0.15) is 5.75 Å². The molecular weight excluding hydrogens is 278 g/mol. The van der Waals surface area contributed by atoms with E-state index in [2.05, 4.69) is 27.4 Å². The lowest BCUT2D eigenvalue weighted by Gasteiger charge is -2.16. The lowest BCUT2D eigenvalue weighted by Crippen LogP contribution is -2.21. The third-order valence-corrected chi connectivity index (χ3v) is 3.37. The standard InChI is InChI=1S/C16H23N5O/c1-4-5-10-21(2)16-19-15(12-18-20-16)17-11-13-6-8-14(22-3)9-7-13/h6-9,12H,4-5,10-11H2,1-3H3,(H,17,19,20). The van der Waals surface area contributed by atoms with Gasteiger partial charge in [0.2, 0.25) is 5.95 Å². The van der Waals surface area contributed by atoms with Gasteiger partial charge in [0, 0.05) is 20.1 Å². The first kappa shape index (κ1) is 16.0. The quantitative estimate of drug-likeness (QED) is 0.809. The fourth-order valence-corrected chi connectivity index (χ4v) is 1.97. The van der Waals surface area contributed by atoms with Gasteiger partial charge in [-0.3, -0.25) is 0 Å². The molecule has 6 nitrogen and oxygen atoms in total. The fourth-order valence-electron chi connectivity index (χ4n) is 1.97. The zero-order valence-corrected chi connectivity index (χ0v) is 13.4. The SMILES string of the molecule is CCCCN(C)c1nncc(NCc2ccc(OC)cc2)n1. The Kier molecular flexibility index (Phi) is 5.94. The Hall–Kier alpha value is -2.37. The summed E-state index contributed by atoms with van der Waals surface area (Å²) in [5.41, 5.74) is 1.15. The molecule has 1 aromatic carbocycles. The molecule has 0 saturated carbocycles. The van der Waals surface area contributed by atoms with E-state index in [-0.39, 0.29) is 0 Å². The molecule has 0 aliphatic carbocycles. The van der Waals surface area contributed by atoms with Crippen LogP contribution in [0.1, 0.15) is 25.3 Å². The van der Waals surface area contributed by atoms with Gasteiger partial charge in [0.05, 0.1) is 13.3 Å². The Balaban J connectivity index is 1.94. The van der Waals surface area contributed by atoms with Crippen molar-refractivity contribution in [3.8, 4) is 5.75 Å². The smallest absolute Gasteiger partial charge is 0.247 e. The average Bonchev–Trinajstić information content (AvgIpc) is 2.58. The molecule has 2 aromatic rings. The van der Waals surface area contributed by atoms with Crippen LogP contribution in [-0.2, 0) is 6.54 Å². The molecule has 0 amide bonds. The maximum Gasteiger partial charge on any atom is 0.247 e. The van der Waals surface area contributed by atoms with Crippen molar-refractivity contribution in [2.75, 3.05) is 30.9 Å². The summed E-state index contributed by atoms with van der Waals surface area (Å²) < 4.78 is 5.15. The molecule has 2 rings (SSSR count). The minimum atomic E-state index is 0.646. The summed E-state index contributed by atoms with van der Waals surface area (Å²) in [6.45, 7) is 3.78. The van der Waals surface area contributed by atoms with Gasteiger partial charge in [-0.25, -0.2) is 0 Å². The number of anilines is 2. The van der Waals surface area contributed by atoms with Gasteiger partial charge in [-0.15, -0.1) is 5.10 Å². The summed E-state index contributed by atoms with van der Waals surface area (Å²) in [7, 11) is 3.65. The Morgan fingerprint density at radius 1 is 1.23 bits per heavy atom. The van der Waals surface area contributed by atoms with Crippen LogP contribution in [0.25, 0.3) is 0 Å². The van der Waals surface area contributed by atoms with Crippen LogP contribution in [0.2, 0.25) is 0 Å². The van der Waals surface area contributed by atoms with Crippen molar-refractivity contribution in [2.24, 2.45) is 0 Å². The van der Waals surface area contributed by atoms with Crippen molar-refractivity contribution in [1.82, 2.24) is 15.2 Å². The molecule has 0 aliphatic rings. The van der Waals surface area contributed by atoms with Gasteiger partial charge in [-0.2, -0.15) is 10.1 Å². The lowest BCUT2D eigenvalue weighted by molar-refractivity contribution is 0.414. The molecular formula is C16H23N5O. The highest BCUT2D eigenvalue weighted by Crippen LogP contribution is 2.13. The number of aromatic nitrogens is 3. The van der Waals surface area contributed by atoms with Crippen molar-refractivity contribution < 1.29 is 4.74 Å². The molecule has 0 saturated heterocycles. The van der Waals surface area contributed by atoms with Gasteiger partial charge in [0.15, 0.2) is 5.82 Å². The molecule has 0 atom stereocenters. The van der Waals surface area contributed by atoms with Gasteiger partial charge in [-0.05, 0) is 24.1 Å². The third kappa shape index (κ3) is 4.58. The molecule has 0 radical (unpaired) electrons. The van der Waals surface area contributed by atoms with E-state index in [0.717, 1.165) is 36.5 Å². The Bertz CT molecular complexity index is 573. The van der Waals surface area contributed by atoms with E-state index in [9.17, 15) is 0 Å². The molecule has 22 heavy (non-hydrogen) atoms. The van der Waals surface area contributed by atoms with Crippen LogP contribution in [0.3, 0.4) is 0 Å². The summed E-state index contributed by atoms with van der Waals surface area (Å²) in [5, 5.41) is 11.4. The maximum atomic E-state index is 5.15. The van der Waals surface area contributed by atoms with Crippen molar-refractivity contribution in [3.05, 3.63) is 36.0 Å². The predicted octanol–water partition coefficient (Wildman–Crippen LogP) is 2.73. The Labute approximate surface area is 131 Å². The van der Waals surface area contributed by atoms with E-state index in [1.165, 1.54) is 0 Å². The van der Waals surface area contributed by atoms with Crippen LogP contribution in [0.15, 0.2) is 30.5 Å². The highest BCUT2D eigenvalue weighted by atomic mass is 16.5. The minimum absolute atomic E-state index is 0.646. The zero-order chi connectivity index (χ0) is 15.8. The fraction of sp³-hybridized carbons (Fsp3) is 0.438. The first-order valence-electron chi connectivity index (χ1n) is 7.50. The molecule has 1 N–H and O–H groups in total. The number of rotatable bonds is 8. The summed E-state index contributed by atoms with van der Waals surface area (Å²) >= 11 is 0. The molecule has 6 heteroatoms. The monoisotopic (exact) mass is 301 g/mol. The highest BCUT2D eigenvalue weighted by Gasteiger charge is 2.06. The molecule has 0 spiro atoms. The van der Waals surface area contributed by atoms with Gasteiger partial charge in [0.25, 0.3) is 0 Å². The van der Waals surface area contributed by atoms with E-state index in [4.69, 9.17) is 4.74 Å². The zero-order valence-electron chi connectivity index (χ0n) is 13.4. The van der Waals surface area contributed by atoms with Crippen LogP contribution < -0.4 is 15.0 Å². The first-order valence-corrected chi connectivity index (χ1v) is 7.50. The maximum absolute atomic E-state index is 5.15. The van der Waals surface area contributed by atoms with Gasteiger partial charge in [-0.1, -0.05) is 25.5 Å². The number of nitrogens with one attached hydrogen (secondary N) is 1. The van der Waals surface area contributed by atoms with Crippen molar-refractivity contribution in [3.63, 3.8) is 0 Å². The second-order valence-corrected chi connectivity index (χ2v) is 5.12. The topological polar surface area (TPSA) is 63.2 Å². The van der Waals surface area contributed by atoms with E-state index in [1.54, 1.807) is 13.3 Å². The molecule has 118 valence electrons. The lowest BCUT2D eigenvalue weighted by atomic mass is 10.2. The largest absolute Gasteiger partial charge is 0.497 e. The van der Waals surface area contributed by atoms with Crippen molar-refractivity contribution in [1.29, 1.82) is 0 Å². The summed E-state index contributed by atoms with van der Waals surface area (Å²) in [4.78, 5) is 6.51. The first-order chi connectivity index (χ1) is 10.7. The normalized spacial score (nSPS) is 10.3. The van der Waals surface area contributed by atoms with E-state index >= 15 is 0 Å². The van der Waals surface area contributed by atoms with Crippen molar-refractivity contribution >= 4 is 11.8 Å². The van der Waals surface area contributed by atoms with Crippen molar-refractivity contribution in [2.45, 2.75) is 26.3 Å². The third-order valence-electron chi connectivity index (χ3n) is 3.37. The molecule has 1 heterocycles. The van der Waals surface area contributed by atoms with Crippen LogP contribution in [0, 0.1) is 0 Å². The molecule has 1 aromatic heterocycles. The molecule has 0 aliphatic heterocycles. The highest BCUT2D eigenvalue weighted by molar-refractivity contribution is 5.39. The Morgan fingerprint density at radius 3 is 2.68 bits per heavy atom. The van der Waals surface area contributed by atoms with Crippen LogP contribution in [-0.4, -0.2) is 35.9 Å². The number of methoxy groups -OCH3 is 1. The number of ether oxygens (including phenoxy) is 1. The average molecular weight is 301 g/mol. The van der Waals surface area contributed by atoms with Crippen LogP contribution in [0.5, 0.6) is 5.75 Å². The van der Waals surface area contributed by atoms with Gasteiger partial charge >= 0.3 is 0 Å². The number of hydrogen-bond acceptors (Lipinski definition) is 6. The van der Waals surface area contributed by atoms with E-state index in [0.29, 0.717) is 12.5 Å². The summed E-state index contributed by atoms with van der Waals surface area (Å²) in [5.74, 6) is 2.23. The molecule has 0 unspecified atom stereocenters. The minimum Gasteiger partial charge on any atom is -0.497 e. The van der Waals surface area contributed by atoms with Crippen LogP contribution >= 0.6 is 0 Å².